The summed E-state index contributed by atoms with van der Waals surface area (Å²) in [5, 5.41) is 0. The maximum Gasteiger partial charge on any atom is 0.231 e. The van der Waals surface area contributed by atoms with Crippen LogP contribution in [0, 0.1) is 6.92 Å². The van der Waals surface area contributed by atoms with Gasteiger partial charge < -0.3 is 10.6 Å². The Morgan fingerprint density at radius 2 is 1.95 bits per heavy atom. The Morgan fingerprint density at radius 1 is 1.19 bits per heavy atom. The van der Waals surface area contributed by atoms with Gasteiger partial charge in [-0.3, -0.25) is 4.79 Å². The van der Waals surface area contributed by atoms with Crippen LogP contribution in [0.3, 0.4) is 0 Å². The molecule has 1 aliphatic heterocycles. The first kappa shape index (κ1) is 13.7. The predicted octanol–water partition coefficient (Wildman–Crippen LogP) is 3.10. The number of benzene rings is 2. The molecule has 2 aromatic rings. The molecule has 0 atom stereocenters. The Bertz CT molecular complexity index is 661. The third-order valence-corrected chi connectivity index (χ3v) is 3.99. The number of carbonyl (C=O) groups excluding carboxylic acids is 1. The molecule has 1 aliphatic rings. The maximum absolute atomic E-state index is 12.6. The van der Waals surface area contributed by atoms with Crippen molar-refractivity contribution in [2.24, 2.45) is 0 Å². The Balaban J connectivity index is 1.81. The zero-order valence-corrected chi connectivity index (χ0v) is 12.3. The summed E-state index contributed by atoms with van der Waals surface area (Å²) in [5.74, 6) is 0.157. The van der Waals surface area contributed by atoms with Gasteiger partial charge in [-0.05, 0) is 49.1 Å². The highest BCUT2D eigenvalue weighted by Gasteiger charge is 2.22. The second-order valence-electron chi connectivity index (χ2n) is 5.70. The van der Waals surface area contributed by atoms with Crippen molar-refractivity contribution in [2.75, 3.05) is 17.2 Å². The van der Waals surface area contributed by atoms with Gasteiger partial charge in [0.2, 0.25) is 5.91 Å². The van der Waals surface area contributed by atoms with E-state index in [0.717, 1.165) is 36.3 Å². The van der Waals surface area contributed by atoms with Gasteiger partial charge in [-0.2, -0.15) is 0 Å². The number of aryl methyl sites for hydroxylation is 2. The molecule has 2 aromatic carbocycles. The number of amides is 1. The fourth-order valence-electron chi connectivity index (χ4n) is 2.89. The highest BCUT2D eigenvalue weighted by atomic mass is 16.2. The average molecular weight is 280 g/mol. The van der Waals surface area contributed by atoms with Gasteiger partial charge in [0, 0.05) is 17.9 Å². The molecule has 108 valence electrons. The molecule has 3 heteroatoms. The molecule has 0 radical (unpaired) electrons. The molecule has 0 saturated heterocycles. The monoisotopic (exact) mass is 280 g/mol. The van der Waals surface area contributed by atoms with Gasteiger partial charge in [-0.15, -0.1) is 0 Å². The van der Waals surface area contributed by atoms with Gasteiger partial charge in [-0.1, -0.05) is 29.8 Å². The molecule has 1 amide bonds. The molecule has 1 heterocycles. The minimum atomic E-state index is 0.157. The van der Waals surface area contributed by atoms with Crippen LogP contribution in [-0.4, -0.2) is 12.5 Å². The molecule has 0 aromatic heterocycles. The molecular weight excluding hydrogens is 260 g/mol. The normalized spacial score (nSPS) is 13.9. The van der Waals surface area contributed by atoms with E-state index in [9.17, 15) is 4.79 Å². The van der Waals surface area contributed by atoms with Gasteiger partial charge >= 0.3 is 0 Å². The Morgan fingerprint density at radius 3 is 2.71 bits per heavy atom. The SMILES string of the molecule is Cc1ccc2c(c1)CCCN2C(=O)Cc1ccc(N)cc1. The summed E-state index contributed by atoms with van der Waals surface area (Å²) in [6, 6.07) is 13.9. The van der Waals surface area contributed by atoms with Gasteiger partial charge in [0.15, 0.2) is 0 Å². The summed E-state index contributed by atoms with van der Waals surface area (Å²) in [6.07, 6.45) is 2.51. The smallest absolute Gasteiger partial charge is 0.231 e. The van der Waals surface area contributed by atoms with E-state index in [1.54, 1.807) is 0 Å². The van der Waals surface area contributed by atoms with Gasteiger partial charge in [0.25, 0.3) is 0 Å². The molecular formula is C18H20N2O. The minimum Gasteiger partial charge on any atom is -0.399 e. The highest BCUT2D eigenvalue weighted by Crippen LogP contribution is 2.28. The fraction of sp³-hybridized carbons (Fsp3) is 0.278. The molecule has 0 saturated carbocycles. The zero-order chi connectivity index (χ0) is 14.8. The predicted molar refractivity (Wildman–Crippen MR) is 86.4 cm³/mol. The maximum atomic E-state index is 12.6. The van der Waals surface area contributed by atoms with E-state index in [1.807, 2.05) is 29.2 Å². The lowest BCUT2D eigenvalue weighted by molar-refractivity contribution is -0.118. The molecule has 0 spiro atoms. The fourth-order valence-corrected chi connectivity index (χ4v) is 2.89. The Hall–Kier alpha value is -2.29. The van der Waals surface area contributed by atoms with Crippen molar-refractivity contribution in [1.82, 2.24) is 0 Å². The van der Waals surface area contributed by atoms with Crippen LogP contribution in [0.4, 0.5) is 11.4 Å². The molecule has 0 fully saturated rings. The summed E-state index contributed by atoms with van der Waals surface area (Å²) < 4.78 is 0. The van der Waals surface area contributed by atoms with Crippen LogP contribution in [0.25, 0.3) is 0 Å². The summed E-state index contributed by atoms with van der Waals surface area (Å²) in [7, 11) is 0. The molecule has 0 aliphatic carbocycles. The number of hydrogen-bond donors (Lipinski definition) is 1. The van der Waals surface area contributed by atoms with Crippen LogP contribution in [0.2, 0.25) is 0 Å². The van der Waals surface area contributed by atoms with Crippen LogP contribution >= 0.6 is 0 Å². The number of carbonyl (C=O) groups is 1. The number of fused-ring (bicyclic) bond motifs is 1. The van der Waals surface area contributed by atoms with Crippen molar-refractivity contribution >= 4 is 17.3 Å². The van der Waals surface area contributed by atoms with Crippen LogP contribution < -0.4 is 10.6 Å². The number of nitrogen functional groups attached to an aromatic ring is 1. The van der Waals surface area contributed by atoms with Crippen LogP contribution in [0.5, 0.6) is 0 Å². The number of rotatable bonds is 2. The minimum absolute atomic E-state index is 0.157. The van der Waals surface area contributed by atoms with E-state index < -0.39 is 0 Å². The van der Waals surface area contributed by atoms with Crippen LogP contribution in [-0.2, 0) is 17.6 Å². The lowest BCUT2D eigenvalue weighted by Crippen LogP contribution is -2.36. The molecule has 3 rings (SSSR count). The largest absolute Gasteiger partial charge is 0.399 e. The number of hydrogen-bond acceptors (Lipinski definition) is 2. The quantitative estimate of drug-likeness (QED) is 0.859. The van der Waals surface area contributed by atoms with E-state index in [2.05, 4.69) is 25.1 Å². The van der Waals surface area contributed by atoms with Crippen molar-refractivity contribution in [3.8, 4) is 0 Å². The first-order chi connectivity index (χ1) is 10.1. The Kier molecular flexibility index (Phi) is 3.65. The van der Waals surface area contributed by atoms with Crippen molar-refractivity contribution in [3.05, 3.63) is 59.2 Å². The van der Waals surface area contributed by atoms with E-state index >= 15 is 0 Å². The number of nitrogens with zero attached hydrogens (tertiary/aromatic N) is 1. The number of anilines is 2. The van der Waals surface area contributed by atoms with E-state index in [1.165, 1.54) is 11.1 Å². The van der Waals surface area contributed by atoms with Crippen LogP contribution in [0.15, 0.2) is 42.5 Å². The molecule has 21 heavy (non-hydrogen) atoms. The van der Waals surface area contributed by atoms with Crippen LogP contribution in [0.1, 0.15) is 23.1 Å². The second-order valence-corrected chi connectivity index (χ2v) is 5.70. The summed E-state index contributed by atoms with van der Waals surface area (Å²) in [4.78, 5) is 14.5. The van der Waals surface area contributed by atoms with Crippen molar-refractivity contribution in [3.63, 3.8) is 0 Å². The lowest BCUT2D eigenvalue weighted by atomic mass is 9.99. The molecule has 0 unspecified atom stereocenters. The molecule has 0 bridgehead atoms. The second kappa shape index (κ2) is 5.60. The summed E-state index contributed by atoms with van der Waals surface area (Å²) >= 11 is 0. The molecule has 3 nitrogen and oxygen atoms in total. The van der Waals surface area contributed by atoms with Gasteiger partial charge in [-0.25, -0.2) is 0 Å². The first-order valence-electron chi connectivity index (χ1n) is 7.38. The number of nitrogens with two attached hydrogens (primary N) is 1. The zero-order valence-electron chi connectivity index (χ0n) is 12.3. The van der Waals surface area contributed by atoms with Gasteiger partial charge in [0.1, 0.15) is 0 Å². The van der Waals surface area contributed by atoms with E-state index in [-0.39, 0.29) is 5.91 Å². The first-order valence-corrected chi connectivity index (χ1v) is 7.38. The summed E-state index contributed by atoms with van der Waals surface area (Å²) in [6.45, 7) is 2.90. The van der Waals surface area contributed by atoms with Gasteiger partial charge in [0.05, 0.1) is 6.42 Å². The highest BCUT2D eigenvalue weighted by molar-refractivity contribution is 5.96. The Labute approximate surface area is 125 Å². The molecule has 2 N–H and O–H groups in total. The topological polar surface area (TPSA) is 46.3 Å². The standard InChI is InChI=1S/C18H20N2O/c1-13-4-9-17-15(11-13)3-2-10-20(17)18(21)12-14-5-7-16(19)8-6-14/h4-9,11H,2-3,10,12,19H2,1H3. The van der Waals surface area contributed by atoms with Crippen molar-refractivity contribution in [1.29, 1.82) is 0 Å². The van der Waals surface area contributed by atoms with Crippen molar-refractivity contribution in [2.45, 2.75) is 26.2 Å². The average Bonchev–Trinajstić information content (AvgIpc) is 2.48. The lowest BCUT2D eigenvalue weighted by Gasteiger charge is -2.30. The van der Waals surface area contributed by atoms with Crippen molar-refractivity contribution < 1.29 is 4.79 Å². The van der Waals surface area contributed by atoms with E-state index in [4.69, 9.17) is 5.73 Å². The third kappa shape index (κ3) is 2.92. The van der Waals surface area contributed by atoms with E-state index in [0.29, 0.717) is 6.42 Å². The summed E-state index contributed by atoms with van der Waals surface area (Å²) in [5.41, 5.74) is 11.0. The third-order valence-electron chi connectivity index (χ3n) is 3.99.